The maximum absolute atomic E-state index is 14.8. The Bertz CT molecular complexity index is 1130. The normalized spacial score (nSPS) is 23.6. The number of nitrogens with zero attached hydrogens (tertiary/aromatic N) is 3. The average Bonchev–Trinajstić information content (AvgIpc) is 2.73. The SMILES string of the molecule is COC(=O)C1(C)CC(C)(c2cc(/C=C(\F)c3ccc(C#N)cn3)ccc2F)N=C(N)S1. The minimum atomic E-state index is -1.16. The highest BCUT2D eigenvalue weighted by atomic mass is 32.2. The first-order chi connectivity index (χ1) is 14.6. The number of nitriles is 1. The molecular formula is C22H20F2N4O2S. The van der Waals surface area contributed by atoms with Gasteiger partial charge >= 0.3 is 5.97 Å². The predicted octanol–water partition coefficient (Wildman–Crippen LogP) is 4.16. The number of pyridine rings is 1. The number of hydrogen-bond acceptors (Lipinski definition) is 7. The van der Waals surface area contributed by atoms with E-state index in [1.807, 2.05) is 6.07 Å². The molecule has 0 spiro atoms. The van der Waals surface area contributed by atoms with Gasteiger partial charge in [-0.15, -0.1) is 0 Å². The van der Waals surface area contributed by atoms with Crippen LogP contribution in [0.1, 0.15) is 42.7 Å². The van der Waals surface area contributed by atoms with E-state index in [4.69, 9.17) is 15.7 Å². The zero-order valence-electron chi connectivity index (χ0n) is 17.1. The van der Waals surface area contributed by atoms with E-state index in [1.165, 1.54) is 49.7 Å². The van der Waals surface area contributed by atoms with Gasteiger partial charge in [0.15, 0.2) is 5.17 Å². The maximum atomic E-state index is 14.8. The molecule has 1 aromatic carbocycles. The zero-order valence-corrected chi connectivity index (χ0v) is 18.0. The number of benzene rings is 1. The summed E-state index contributed by atoms with van der Waals surface area (Å²) < 4.78 is 33.3. The molecular weight excluding hydrogens is 422 g/mol. The average molecular weight is 442 g/mol. The Balaban J connectivity index is 2.01. The molecule has 1 aromatic heterocycles. The number of aliphatic imine (C=N–C) groups is 1. The number of rotatable bonds is 4. The summed E-state index contributed by atoms with van der Waals surface area (Å²) >= 11 is 1.07. The van der Waals surface area contributed by atoms with Crippen LogP contribution in [0.15, 0.2) is 41.5 Å². The van der Waals surface area contributed by atoms with E-state index >= 15 is 0 Å². The molecule has 1 aliphatic rings. The summed E-state index contributed by atoms with van der Waals surface area (Å²) in [6.45, 7) is 3.34. The van der Waals surface area contributed by atoms with Crippen LogP contribution in [0.25, 0.3) is 11.9 Å². The summed E-state index contributed by atoms with van der Waals surface area (Å²) in [6, 6.07) is 8.88. The van der Waals surface area contributed by atoms with Gasteiger partial charge in [-0.25, -0.2) is 8.78 Å². The van der Waals surface area contributed by atoms with Gasteiger partial charge in [0.1, 0.15) is 22.5 Å². The van der Waals surface area contributed by atoms with Crippen LogP contribution in [0.5, 0.6) is 0 Å². The van der Waals surface area contributed by atoms with E-state index in [9.17, 15) is 13.6 Å². The molecule has 2 N–H and O–H groups in total. The van der Waals surface area contributed by atoms with Crippen LogP contribution in [-0.2, 0) is 15.1 Å². The first-order valence-corrected chi connectivity index (χ1v) is 10.1. The van der Waals surface area contributed by atoms with Crippen LogP contribution >= 0.6 is 11.8 Å². The Morgan fingerprint density at radius 3 is 2.71 bits per heavy atom. The van der Waals surface area contributed by atoms with Crippen molar-refractivity contribution in [1.29, 1.82) is 5.26 Å². The van der Waals surface area contributed by atoms with Crippen LogP contribution < -0.4 is 5.73 Å². The van der Waals surface area contributed by atoms with E-state index in [0.29, 0.717) is 11.1 Å². The molecule has 0 fully saturated rings. The van der Waals surface area contributed by atoms with E-state index in [0.717, 1.165) is 11.8 Å². The van der Waals surface area contributed by atoms with Crippen molar-refractivity contribution < 1.29 is 18.3 Å². The van der Waals surface area contributed by atoms with Crippen LogP contribution in [0.2, 0.25) is 0 Å². The first-order valence-electron chi connectivity index (χ1n) is 9.27. The van der Waals surface area contributed by atoms with Crippen molar-refractivity contribution in [2.24, 2.45) is 10.7 Å². The van der Waals surface area contributed by atoms with E-state index < -0.39 is 27.9 Å². The highest BCUT2D eigenvalue weighted by molar-refractivity contribution is 8.15. The first kappa shape index (κ1) is 22.4. The second-order valence-corrected chi connectivity index (χ2v) is 9.02. The summed E-state index contributed by atoms with van der Waals surface area (Å²) in [6.07, 6.45) is 2.62. The van der Waals surface area contributed by atoms with E-state index in [-0.39, 0.29) is 22.8 Å². The molecule has 3 rings (SSSR count). The summed E-state index contributed by atoms with van der Waals surface area (Å²) in [4.78, 5) is 20.6. The molecule has 9 heteroatoms. The fraction of sp³-hybridized carbons (Fsp3) is 0.273. The number of nitrogens with two attached hydrogens (primary N) is 1. The Kier molecular flexibility index (Phi) is 6.13. The van der Waals surface area contributed by atoms with Crippen LogP contribution in [0.3, 0.4) is 0 Å². The molecule has 2 unspecified atom stereocenters. The van der Waals surface area contributed by atoms with Crippen molar-refractivity contribution in [3.8, 4) is 6.07 Å². The number of methoxy groups -OCH3 is 1. The Morgan fingerprint density at radius 1 is 1.35 bits per heavy atom. The van der Waals surface area contributed by atoms with Gasteiger partial charge < -0.3 is 10.5 Å². The van der Waals surface area contributed by atoms with Gasteiger partial charge in [0.2, 0.25) is 0 Å². The van der Waals surface area contributed by atoms with Crippen LogP contribution in [0, 0.1) is 17.1 Å². The molecule has 2 aromatic rings. The molecule has 0 aliphatic carbocycles. The number of amidine groups is 1. The summed E-state index contributed by atoms with van der Waals surface area (Å²) in [5.74, 6) is -1.68. The predicted molar refractivity (Wildman–Crippen MR) is 116 cm³/mol. The largest absolute Gasteiger partial charge is 0.468 e. The Morgan fingerprint density at radius 2 is 2.10 bits per heavy atom. The number of carbonyl (C=O) groups is 1. The van der Waals surface area contributed by atoms with Gasteiger partial charge in [0.05, 0.1) is 23.9 Å². The summed E-state index contributed by atoms with van der Waals surface area (Å²) in [5, 5.41) is 8.96. The van der Waals surface area contributed by atoms with Crippen molar-refractivity contribution >= 4 is 34.8 Å². The van der Waals surface area contributed by atoms with Crippen molar-refractivity contribution in [3.05, 3.63) is 64.7 Å². The van der Waals surface area contributed by atoms with E-state index in [2.05, 4.69) is 9.98 Å². The summed E-state index contributed by atoms with van der Waals surface area (Å²) in [7, 11) is 1.28. The Hall–Kier alpha value is -3.25. The molecule has 1 aliphatic heterocycles. The third-order valence-corrected chi connectivity index (χ3v) is 6.05. The van der Waals surface area contributed by atoms with Crippen molar-refractivity contribution in [2.75, 3.05) is 7.11 Å². The van der Waals surface area contributed by atoms with Crippen LogP contribution in [0.4, 0.5) is 8.78 Å². The van der Waals surface area contributed by atoms with Gasteiger partial charge in [0.25, 0.3) is 0 Å². The molecule has 2 heterocycles. The smallest absolute Gasteiger partial charge is 0.322 e. The second kappa shape index (κ2) is 8.47. The number of ether oxygens (including phenoxy) is 1. The minimum absolute atomic E-state index is 0.0469. The van der Waals surface area contributed by atoms with E-state index in [1.54, 1.807) is 13.8 Å². The fourth-order valence-electron chi connectivity index (χ4n) is 3.58. The Labute approximate surface area is 182 Å². The van der Waals surface area contributed by atoms with Gasteiger partial charge in [-0.05, 0) is 49.8 Å². The monoisotopic (exact) mass is 442 g/mol. The maximum Gasteiger partial charge on any atom is 0.322 e. The second-order valence-electron chi connectivity index (χ2n) is 7.50. The number of thioether (sulfide) groups is 1. The number of halogens is 2. The molecule has 0 saturated heterocycles. The molecule has 31 heavy (non-hydrogen) atoms. The molecule has 0 bridgehead atoms. The molecule has 0 radical (unpaired) electrons. The molecule has 0 amide bonds. The molecule has 2 atom stereocenters. The third-order valence-electron chi connectivity index (χ3n) is 4.99. The van der Waals surface area contributed by atoms with Gasteiger partial charge in [-0.1, -0.05) is 17.8 Å². The quantitative estimate of drug-likeness (QED) is 0.714. The summed E-state index contributed by atoms with van der Waals surface area (Å²) in [5.41, 5.74) is 5.73. The lowest BCUT2D eigenvalue weighted by Crippen LogP contribution is -2.46. The van der Waals surface area contributed by atoms with Crippen molar-refractivity contribution in [3.63, 3.8) is 0 Å². The number of aromatic nitrogens is 1. The van der Waals surface area contributed by atoms with Gasteiger partial charge in [-0.2, -0.15) is 5.26 Å². The number of carbonyl (C=O) groups excluding carboxylic acids is 1. The standard InChI is InChI=1S/C22H20F2N4O2S/c1-21(12-22(2,19(29)30-3)31-20(26)28-21)15-8-13(4-6-16(15)23)9-17(24)18-7-5-14(10-25)11-27-18/h4-9,11H,12H2,1-3H3,(H2,26,28)/b17-9-. The van der Waals surface area contributed by atoms with Gasteiger partial charge in [-0.3, -0.25) is 14.8 Å². The number of hydrogen-bond donors (Lipinski definition) is 1. The fourth-order valence-corrected chi connectivity index (χ4v) is 4.81. The lowest BCUT2D eigenvalue weighted by molar-refractivity contribution is -0.143. The third kappa shape index (κ3) is 4.59. The number of esters is 1. The highest BCUT2D eigenvalue weighted by Crippen LogP contribution is 2.46. The zero-order chi connectivity index (χ0) is 22.8. The molecule has 0 saturated carbocycles. The molecule has 160 valence electrons. The highest BCUT2D eigenvalue weighted by Gasteiger charge is 2.48. The van der Waals surface area contributed by atoms with Crippen LogP contribution in [-0.4, -0.2) is 28.0 Å². The van der Waals surface area contributed by atoms with Gasteiger partial charge in [0, 0.05) is 18.2 Å². The van der Waals surface area contributed by atoms with Crippen molar-refractivity contribution in [1.82, 2.24) is 4.98 Å². The topological polar surface area (TPSA) is 101 Å². The lowest BCUT2D eigenvalue weighted by atomic mass is 9.82. The minimum Gasteiger partial charge on any atom is -0.468 e. The molecule has 6 nitrogen and oxygen atoms in total. The lowest BCUT2D eigenvalue weighted by Gasteiger charge is -2.39. The van der Waals surface area contributed by atoms with Crippen molar-refractivity contribution in [2.45, 2.75) is 30.6 Å².